The SMILES string of the molecule is CCCCCCCOc1cc(OCCCCCCC)c(NC(=O)OC)c(OCCCCCCC)c1. The second-order valence-corrected chi connectivity index (χ2v) is 9.20. The van der Waals surface area contributed by atoms with Gasteiger partial charge in [0.25, 0.3) is 0 Å². The molecule has 0 aliphatic carbocycles. The molecular weight excluding hydrogens is 442 g/mol. The van der Waals surface area contributed by atoms with E-state index in [4.69, 9.17) is 18.9 Å². The number of benzene rings is 1. The van der Waals surface area contributed by atoms with Crippen molar-refractivity contribution in [1.82, 2.24) is 0 Å². The minimum atomic E-state index is -0.546. The summed E-state index contributed by atoms with van der Waals surface area (Å²) in [5.41, 5.74) is 0.509. The number of carbonyl (C=O) groups is 1. The zero-order chi connectivity index (χ0) is 25.6. The average molecular weight is 494 g/mol. The Morgan fingerprint density at radius 3 is 1.43 bits per heavy atom. The predicted molar refractivity (Wildman–Crippen MR) is 145 cm³/mol. The lowest BCUT2D eigenvalue weighted by Gasteiger charge is -2.19. The van der Waals surface area contributed by atoms with Gasteiger partial charge in [-0.25, -0.2) is 4.79 Å². The average Bonchev–Trinajstić information content (AvgIpc) is 2.86. The Bertz CT molecular complexity index is 627. The Balaban J connectivity index is 2.91. The van der Waals surface area contributed by atoms with Crippen LogP contribution in [0.25, 0.3) is 0 Å². The highest BCUT2D eigenvalue weighted by Gasteiger charge is 2.18. The molecule has 0 aliphatic heterocycles. The van der Waals surface area contributed by atoms with Gasteiger partial charge in [-0.15, -0.1) is 0 Å². The van der Waals surface area contributed by atoms with Gasteiger partial charge in [-0.2, -0.15) is 0 Å². The summed E-state index contributed by atoms with van der Waals surface area (Å²) >= 11 is 0. The third-order valence-electron chi connectivity index (χ3n) is 5.98. The van der Waals surface area contributed by atoms with Crippen LogP contribution in [0.4, 0.5) is 10.5 Å². The van der Waals surface area contributed by atoms with E-state index in [1.54, 1.807) is 0 Å². The second-order valence-electron chi connectivity index (χ2n) is 9.20. The van der Waals surface area contributed by atoms with Crippen molar-refractivity contribution >= 4 is 11.8 Å². The van der Waals surface area contributed by atoms with Crippen molar-refractivity contribution in [2.24, 2.45) is 0 Å². The highest BCUT2D eigenvalue weighted by atomic mass is 16.5. The van der Waals surface area contributed by atoms with Gasteiger partial charge in [-0.05, 0) is 19.3 Å². The van der Waals surface area contributed by atoms with Gasteiger partial charge in [-0.1, -0.05) is 97.8 Å². The first-order chi connectivity index (χ1) is 17.2. The van der Waals surface area contributed by atoms with E-state index in [0.717, 1.165) is 38.5 Å². The highest BCUT2D eigenvalue weighted by Crippen LogP contribution is 2.40. The molecule has 1 aromatic carbocycles. The molecule has 1 amide bonds. The van der Waals surface area contributed by atoms with Gasteiger partial charge in [0.05, 0.1) is 26.9 Å². The molecule has 35 heavy (non-hydrogen) atoms. The van der Waals surface area contributed by atoms with E-state index < -0.39 is 6.09 Å². The minimum Gasteiger partial charge on any atom is -0.493 e. The Kier molecular flexibility index (Phi) is 18.7. The number of hydrogen-bond donors (Lipinski definition) is 1. The van der Waals surface area contributed by atoms with Crippen LogP contribution in [0, 0.1) is 0 Å². The fourth-order valence-corrected chi connectivity index (χ4v) is 3.82. The van der Waals surface area contributed by atoms with Crippen LogP contribution in [0.3, 0.4) is 0 Å². The molecule has 1 rings (SSSR count). The van der Waals surface area contributed by atoms with Gasteiger partial charge in [0, 0.05) is 12.1 Å². The molecule has 1 N–H and O–H groups in total. The second kappa shape index (κ2) is 21.2. The van der Waals surface area contributed by atoms with Crippen molar-refractivity contribution in [3.63, 3.8) is 0 Å². The summed E-state index contributed by atoms with van der Waals surface area (Å²) in [6.07, 6.45) is 16.9. The molecule has 0 bridgehead atoms. The largest absolute Gasteiger partial charge is 0.493 e. The van der Waals surface area contributed by atoms with Crippen molar-refractivity contribution in [2.75, 3.05) is 32.2 Å². The van der Waals surface area contributed by atoms with E-state index >= 15 is 0 Å². The van der Waals surface area contributed by atoms with Crippen LogP contribution in [0.15, 0.2) is 12.1 Å². The summed E-state index contributed by atoms with van der Waals surface area (Å²) in [7, 11) is 1.36. The summed E-state index contributed by atoms with van der Waals surface area (Å²) in [6.45, 7) is 8.45. The van der Waals surface area contributed by atoms with Crippen molar-refractivity contribution in [2.45, 2.75) is 117 Å². The smallest absolute Gasteiger partial charge is 0.411 e. The van der Waals surface area contributed by atoms with Gasteiger partial charge >= 0.3 is 6.09 Å². The first-order valence-electron chi connectivity index (χ1n) is 14.1. The molecule has 0 spiro atoms. The summed E-state index contributed by atoms with van der Waals surface area (Å²) in [5, 5.41) is 2.80. The van der Waals surface area contributed by atoms with Crippen LogP contribution in [-0.4, -0.2) is 33.0 Å². The maximum absolute atomic E-state index is 12.1. The van der Waals surface area contributed by atoms with Gasteiger partial charge in [0.2, 0.25) is 0 Å². The lowest BCUT2D eigenvalue weighted by atomic mass is 10.1. The zero-order valence-corrected chi connectivity index (χ0v) is 22.9. The normalized spacial score (nSPS) is 10.7. The third-order valence-corrected chi connectivity index (χ3v) is 5.98. The molecule has 0 aromatic heterocycles. The number of anilines is 1. The Hall–Kier alpha value is -2.11. The summed E-state index contributed by atoms with van der Waals surface area (Å²) < 4.78 is 23.2. The number of rotatable bonds is 22. The van der Waals surface area contributed by atoms with Crippen molar-refractivity contribution < 1.29 is 23.7 Å². The number of carbonyl (C=O) groups excluding carboxylic acids is 1. The fourth-order valence-electron chi connectivity index (χ4n) is 3.82. The Morgan fingerprint density at radius 1 is 0.629 bits per heavy atom. The third kappa shape index (κ3) is 14.8. The molecule has 0 aliphatic rings. The number of amides is 1. The molecule has 0 radical (unpaired) electrons. The Morgan fingerprint density at radius 2 is 1.03 bits per heavy atom. The molecule has 0 saturated carbocycles. The number of methoxy groups -OCH3 is 1. The van der Waals surface area contributed by atoms with Gasteiger partial charge in [0.1, 0.15) is 22.9 Å². The molecule has 6 heteroatoms. The molecule has 0 saturated heterocycles. The number of unbranched alkanes of at least 4 members (excludes halogenated alkanes) is 12. The summed E-state index contributed by atoms with van der Waals surface area (Å²) in [4.78, 5) is 12.1. The first kappa shape index (κ1) is 30.9. The summed E-state index contributed by atoms with van der Waals surface area (Å²) in [5.74, 6) is 1.84. The topological polar surface area (TPSA) is 66.0 Å². The molecule has 6 nitrogen and oxygen atoms in total. The van der Waals surface area contributed by atoms with Crippen LogP contribution in [0.1, 0.15) is 117 Å². The molecule has 0 unspecified atom stereocenters. The Labute approximate surface area is 214 Å². The maximum Gasteiger partial charge on any atom is 0.411 e. The van der Waals surface area contributed by atoms with E-state index in [2.05, 4.69) is 26.1 Å². The number of nitrogens with one attached hydrogen (secondary N) is 1. The molecule has 0 atom stereocenters. The standard InChI is InChI=1S/C29H51NO5/c1-5-8-11-14-17-20-33-25-23-26(34-21-18-15-12-9-6-2)28(30-29(31)32-4)27(24-25)35-22-19-16-13-10-7-3/h23-24H,5-22H2,1-4H3,(H,30,31). The van der Waals surface area contributed by atoms with Crippen LogP contribution < -0.4 is 19.5 Å². The van der Waals surface area contributed by atoms with Crippen LogP contribution >= 0.6 is 0 Å². The first-order valence-corrected chi connectivity index (χ1v) is 14.1. The van der Waals surface area contributed by atoms with Gasteiger partial charge < -0.3 is 18.9 Å². The maximum atomic E-state index is 12.1. The minimum absolute atomic E-state index is 0.509. The molecule has 202 valence electrons. The lowest BCUT2D eigenvalue weighted by Crippen LogP contribution is -2.14. The van der Waals surface area contributed by atoms with Crippen LogP contribution in [0.2, 0.25) is 0 Å². The molecular formula is C29H51NO5. The van der Waals surface area contributed by atoms with Gasteiger partial charge in [-0.3, -0.25) is 5.32 Å². The van der Waals surface area contributed by atoms with Crippen molar-refractivity contribution in [1.29, 1.82) is 0 Å². The zero-order valence-electron chi connectivity index (χ0n) is 22.9. The quantitative estimate of drug-likeness (QED) is 0.163. The highest BCUT2D eigenvalue weighted by molar-refractivity contribution is 5.89. The summed E-state index contributed by atoms with van der Waals surface area (Å²) in [6, 6.07) is 3.72. The molecule has 1 aromatic rings. The van der Waals surface area contributed by atoms with E-state index in [1.807, 2.05) is 12.1 Å². The van der Waals surface area contributed by atoms with E-state index in [1.165, 1.54) is 64.9 Å². The van der Waals surface area contributed by atoms with Crippen molar-refractivity contribution in [3.05, 3.63) is 12.1 Å². The van der Waals surface area contributed by atoms with Crippen molar-refractivity contribution in [3.8, 4) is 17.2 Å². The van der Waals surface area contributed by atoms with Gasteiger partial charge in [0.15, 0.2) is 0 Å². The van der Waals surface area contributed by atoms with E-state index in [0.29, 0.717) is 42.8 Å². The monoisotopic (exact) mass is 493 g/mol. The predicted octanol–water partition coefficient (Wildman–Crippen LogP) is 8.91. The molecule has 0 heterocycles. The lowest BCUT2D eigenvalue weighted by molar-refractivity contribution is 0.186. The number of hydrogen-bond acceptors (Lipinski definition) is 5. The number of ether oxygens (including phenoxy) is 4. The van der Waals surface area contributed by atoms with E-state index in [-0.39, 0.29) is 0 Å². The molecule has 0 fully saturated rings. The van der Waals surface area contributed by atoms with Crippen LogP contribution in [-0.2, 0) is 4.74 Å². The van der Waals surface area contributed by atoms with Crippen LogP contribution in [0.5, 0.6) is 17.2 Å². The van der Waals surface area contributed by atoms with E-state index in [9.17, 15) is 4.79 Å². The fraction of sp³-hybridized carbons (Fsp3) is 0.759.